The van der Waals surface area contributed by atoms with Gasteiger partial charge >= 0.3 is 5.97 Å². The lowest BCUT2D eigenvalue weighted by molar-refractivity contribution is -0.135. The van der Waals surface area contributed by atoms with Crippen LogP contribution >= 0.6 is 0 Å². The van der Waals surface area contributed by atoms with Crippen LogP contribution in [0.1, 0.15) is 117 Å². The van der Waals surface area contributed by atoms with Crippen molar-refractivity contribution in [2.24, 2.45) is 11.5 Å². The van der Waals surface area contributed by atoms with Gasteiger partial charge in [-0.25, -0.2) is 0 Å². The fraction of sp³-hybridized carbons (Fsp3) is 0.917. The van der Waals surface area contributed by atoms with Crippen LogP contribution in [0.2, 0.25) is 0 Å². The molecule has 0 aliphatic rings. The van der Waals surface area contributed by atoms with Gasteiger partial charge in [0.25, 0.3) is 0 Å². The van der Waals surface area contributed by atoms with E-state index < -0.39 is 5.97 Å². The number of aliphatic carboxylic acids is 1. The molecule has 0 spiro atoms. The maximum absolute atomic E-state index is 10.6. The molecule has 5 N–H and O–H groups in total. The van der Waals surface area contributed by atoms with E-state index in [1.807, 2.05) is 0 Å². The Kier molecular flexibility index (Phi) is 33.6. The van der Waals surface area contributed by atoms with E-state index in [4.69, 9.17) is 10.8 Å². The van der Waals surface area contributed by atoms with E-state index in [0.29, 0.717) is 6.42 Å². The predicted octanol–water partition coefficient (Wildman–Crippen LogP) is 5.33. The first-order valence-corrected chi connectivity index (χ1v) is 12.2. The zero-order valence-electron chi connectivity index (χ0n) is 20.6. The molecule has 0 atom stereocenters. The molecule has 0 aliphatic heterocycles. The number of carboxylic acid groups (broad SMARTS) is 1. The second kappa shape index (κ2) is 30.1. The highest BCUT2D eigenvalue weighted by atomic mass is 16.4. The minimum Gasteiger partial charge on any atom is -0.480 e. The number of carbonyl (C=O) groups is 2. The number of carbonyl (C=O) groups excluding carboxylic acids is 1. The van der Waals surface area contributed by atoms with Gasteiger partial charge in [-0.15, -0.1) is 0 Å². The molecule has 0 saturated heterocycles. The molecule has 0 heterocycles. The summed E-state index contributed by atoms with van der Waals surface area (Å²) < 4.78 is 0. The van der Waals surface area contributed by atoms with Gasteiger partial charge in [0, 0.05) is 6.42 Å². The fourth-order valence-corrected chi connectivity index (χ4v) is 2.67. The van der Waals surface area contributed by atoms with Crippen molar-refractivity contribution in [2.75, 3.05) is 27.2 Å². The largest absolute Gasteiger partial charge is 0.480 e. The summed E-state index contributed by atoms with van der Waals surface area (Å²) in [6, 6.07) is 0. The van der Waals surface area contributed by atoms with Gasteiger partial charge in [0.05, 0.1) is 6.54 Å². The molecule has 1 amide bonds. The van der Waals surface area contributed by atoms with Crippen molar-refractivity contribution in [3.05, 3.63) is 0 Å². The van der Waals surface area contributed by atoms with Crippen molar-refractivity contribution < 1.29 is 14.7 Å². The smallest absolute Gasteiger partial charge is 0.317 e. The summed E-state index contributed by atoms with van der Waals surface area (Å²) in [6.07, 6.45) is 20.9. The third-order valence-corrected chi connectivity index (χ3v) is 4.83. The highest BCUT2D eigenvalue weighted by Gasteiger charge is 1.96. The number of primary amides is 1. The molecule has 182 valence electrons. The van der Waals surface area contributed by atoms with Gasteiger partial charge in [0.2, 0.25) is 5.91 Å². The van der Waals surface area contributed by atoms with E-state index in [0.717, 1.165) is 13.0 Å². The van der Waals surface area contributed by atoms with Crippen LogP contribution in [0.15, 0.2) is 0 Å². The van der Waals surface area contributed by atoms with Gasteiger partial charge in [-0.3, -0.25) is 9.59 Å². The van der Waals surface area contributed by atoms with Crippen molar-refractivity contribution in [1.82, 2.24) is 4.90 Å². The Hall–Kier alpha value is -1.14. The van der Waals surface area contributed by atoms with Crippen molar-refractivity contribution in [2.45, 2.75) is 117 Å². The molecule has 30 heavy (non-hydrogen) atoms. The zero-order valence-corrected chi connectivity index (χ0v) is 20.6. The van der Waals surface area contributed by atoms with E-state index in [9.17, 15) is 9.59 Å². The molecular formula is C24H53N3O3. The molecule has 0 saturated carbocycles. The summed E-state index contributed by atoms with van der Waals surface area (Å²) in [6.45, 7) is 5.26. The van der Waals surface area contributed by atoms with Crippen LogP contribution in [0, 0.1) is 0 Å². The summed E-state index contributed by atoms with van der Waals surface area (Å²) >= 11 is 0. The second-order valence-electron chi connectivity index (χ2n) is 8.16. The van der Waals surface area contributed by atoms with Gasteiger partial charge in [0.15, 0.2) is 0 Å². The highest BCUT2D eigenvalue weighted by Crippen LogP contribution is 2.13. The Balaban J connectivity index is -0.000000599. The maximum atomic E-state index is 10.6. The van der Waals surface area contributed by atoms with Crippen molar-refractivity contribution >= 4 is 11.9 Å². The van der Waals surface area contributed by atoms with Crippen molar-refractivity contribution in [3.63, 3.8) is 0 Å². The van der Waals surface area contributed by atoms with Crippen LogP contribution in [0.4, 0.5) is 0 Å². The lowest BCUT2D eigenvalue weighted by Crippen LogP contribution is -2.10. The normalized spacial score (nSPS) is 10.1. The SMILES string of the molecule is CCCCCCCCCCCCCCCCCC(N)=O.CCN(C)C.NCC(=O)O. The first kappa shape index (κ1) is 33.5. The van der Waals surface area contributed by atoms with E-state index in [2.05, 4.69) is 38.6 Å². The van der Waals surface area contributed by atoms with E-state index in [1.54, 1.807) is 0 Å². The minimum atomic E-state index is -0.968. The fourth-order valence-electron chi connectivity index (χ4n) is 2.67. The Morgan fingerprint density at radius 1 is 0.700 bits per heavy atom. The second-order valence-corrected chi connectivity index (χ2v) is 8.16. The first-order valence-electron chi connectivity index (χ1n) is 12.2. The van der Waals surface area contributed by atoms with Crippen LogP contribution in [0.5, 0.6) is 0 Å². The number of rotatable bonds is 18. The number of nitrogens with two attached hydrogens (primary N) is 2. The number of hydrogen-bond acceptors (Lipinski definition) is 4. The van der Waals surface area contributed by atoms with Crippen LogP contribution < -0.4 is 11.5 Å². The molecule has 6 nitrogen and oxygen atoms in total. The van der Waals surface area contributed by atoms with Crippen molar-refractivity contribution in [1.29, 1.82) is 0 Å². The third-order valence-electron chi connectivity index (χ3n) is 4.83. The minimum absolute atomic E-state index is 0.153. The molecule has 0 aromatic rings. The molecule has 0 fully saturated rings. The summed E-state index contributed by atoms with van der Waals surface area (Å²) in [4.78, 5) is 21.9. The average Bonchev–Trinajstić information content (AvgIpc) is 2.71. The number of nitrogens with zero attached hydrogens (tertiary/aromatic N) is 1. The molecule has 6 heteroatoms. The molecule has 0 bridgehead atoms. The van der Waals surface area contributed by atoms with Crippen LogP contribution in [0.25, 0.3) is 0 Å². The Labute approximate surface area is 187 Å². The van der Waals surface area contributed by atoms with Gasteiger partial charge in [-0.2, -0.15) is 0 Å². The van der Waals surface area contributed by atoms with E-state index >= 15 is 0 Å². The van der Waals surface area contributed by atoms with Gasteiger partial charge in [-0.05, 0) is 27.1 Å². The topological polar surface area (TPSA) is 110 Å². The highest BCUT2D eigenvalue weighted by molar-refractivity contribution is 5.73. The predicted molar refractivity (Wildman–Crippen MR) is 130 cm³/mol. The van der Waals surface area contributed by atoms with Gasteiger partial charge in [0.1, 0.15) is 0 Å². The van der Waals surface area contributed by atoms with E-state index in [1.165, 1.54) is 89.9 Å². The monoisotopic (exact) mass is 431 g/mol. The summed E-state index contributed by atoms with van der Waals surface area (Å²) in [5, 5.41) is 7.60. The Morgan fingerprint density at radius 2 is 0.967 bits per heavy atom. The lowest BCUT2D eigenvalue weighted by atomic mass is 10.0. The summed E-state index contributed by atoms with van der Waals surface area (Å²) in [5.74, 6) is -1.12. The van der Waals surface area contributed by atoms with Crippen LogP contribution in [0.3, 0.4) is 0 Å². The van der Waals surface area contributed by atoms with Crippen LogP contribution in [-0.2, 0) is 9.59 Å². The third kappa shape index (κ3) is 45.5. The lowest BCUT2D eigenvalue weighted by Gasteiger charge is -2.03. The average molecular weight is 432 g/mol. The molecule has 0 aromatic heterocycles. The maximum Gasteiger partial charge on any atom is 0.317 e. The molecule has 0 aromatic carbocycles. The summed E-state index contributed by atoms with van der Waals surface area (Å²) in [5.41, 5.74) is 9.68. The summed E-state index contributed by atoms with van der Waals surface area (Å²) in [7, 11) is 4.11. The number of hydrogen-bond donors (Lipinski definition) is 3. The van der Waals surface area contributed by atoms with Crippen LogP contribution in [-0.4, -0.2) is 49.1 Å². The quantitative estimate of drug-likeness (QED) is 0.254. The molecular weight excluding hydrogens is 378 g/mol. The van der Waals surface area contributed by atoms with E-state index in [-0.39, 0.29) is 12.5 Å². The molecule has 0 aliphatic carbocycles. The molecule has 0 rings (SSSR count). The van der Waals surface area contributed by atoms with Gasteiger partial charge in [-0.1, -0.05) is 104 Å². The molecule has 0 radical (unpaired) electrons. The number of unbranched alkanes of at least 4 members (excludes halogenated alkanes) is 14. The first-order chi connectivity index (χ1) is 14.3. The Morgan fingerprint density at radius 3 is 1.17 bits per heavy atom. The number of amides is 1. The Bertz CT molecular complexity index is 351. The van der Waals surface area contributed by atoms with Crippen molar-refractivity contribution in [3.8, 4) is 0 Å². The number of carboxylic acids is 1. The zero-order chi connectivity index (χ0) is 23.5. The molecule has 0 unspecified atom stereocenters. The van der Waals surface area contributed by atoms with Gasteiger partial charge < -0.3 is 21.5 Å². The standard InChI is InChI=1S/C18H37NO.C4H11N.C2H5NO2/c1-2-3-4-5-6-7-8-9-10-11-12-13-14-15-16-17-18(19)20;1-4-5(2)3;3-1-2(4)5/h2-17H2,1H3,(H2,19,20);4H2,1-3H3;1,3H2,(H,4,5).